The maximum atomic E-state index is 11.6. The van der Waals surface area contributed by atoms with Crippen LogP contribution in [0.1, 0.15) is 31.0 Å². The van der Waals surface area contributed by atoms with E-state index >= 15 is 0 Å². The number of H-pyrrole nitrogens is 1. The van der Waals surface area contributed by atoms with E-state index in [0.717, 1.165) is 25.0 Å². The minimum absolute atomic E-state index is 0.00987. The molecule has 0 aliphatic heterocycles. The van der Waals surface area contributed by atoms with E-state index in [1.54, 1.807) is 0 Å². The van der Waals surface area contributed by atoms with E-state index in [1.165, 1.54) is 5.56 Å². The molecule has 1 unspecified atom stereocenters. The largest absolute Gasteiger partial charge is 0.356 e. The molecule has 1 atom stereocenters. The molecule has 1 heterocycles. The number of nitrogens with one attached hydrogen (secondary N) is 2. The van der Waals surface area contributed by atoms with E-state index in [-0.39, 0.29) is 11.8 Å². The van der Waals surface area contributed by atoms with E-state index in [4.69, 9.17) is 5.73 Å². The maximum absolute atomic E-state index is 11.6. The van der Waals surface area contributed by atoms with Crippen LogP contribution >= 0.6 is 0 Å². The highest BCUT2D eigenvalue weighted by molar-refractivity contribution is 5.78. The molecule has 0 fully saturated rings. The minimum atomic E-state index is 0.00987. The van der Waals surface area contributed by atoms with Crippen molar-refractivity contribution in [3.8, 4) is 0 Å². The zero-order valence-corrected chi connectivity index (χ0v) is 10.6. The Labute approximate surface area is 102 Å². The summed E-state index contributed by atoms with van der Waals surface area (Å²) in [6.45, 7) is 5.17. The highest BCUT2D eigenvalue weighted by Gasteiger charge is 2.10. The summed E-state index contributed by atoms with van der Waals surface area (Å²) < 4.78 is 0. The fourth-order valence-corrected chi connectivity index (χ4v) is 1.67. The van der Waals surface area contributed by atoms with Gasteiger partial charge in [-0.2, -0.15) is 5.10 Å². The van der Waals surface area contributed by atoms with Crippen LogP contribution in [0, 0.1) is 12.8 Å². The molecule has 0 saturated carbocycles. The first kappa shape index (κ1) is 13.7. The van der Waals surface area contributed by atoms with Crippen LogP contribution in [0.2, 0.25) is 0 Å². The highest BCUT2D eigenvalue weighted by atomic mass is 16.1. The summed E-state index contributed by atoms with van der Waals surface area (Å²) in [4.78, 5) is 11.6. The lowest BCUT2D eigenvalue weighted by atomic mass is 10.1. The molecule has 0 radical (unpaired) electrons. The summed E-state index contributed by atoms with van der Waals surface area (Å²) in [5.41, 5.74) is 7.73. The first-order chi connectivity index (χ1) is 8.15. The van der Waals surface area contributed by atoms with Crippen molar-refractivity contribution in [2.24, 2.45) is 11.7 Å². The molecule has 0 aliphatic carbocycles. The number of nitrogens with zero attached hydrogens (tertiary/aromatic N) is 1. The predicted molar refractivity (Wildman–Crippen MR) is 67.5 cm³/mol. The SMILES string of the molecule is Cc1[nH]ncc1CCCNC(=O)C(C)CCN. The molecule has 4 N–H and O–H groups in total. The summed E-state index contributed by atoms with van der Waals surface area (Å²) >= 11 is 0. The summed E-state index contributed by atoms with van der Waals surface area (Å²) in [7, 11) is 0. The van der Waals surface area contributed by atoms with Gasteiger partial charge in [-0.1, -0.05) is 6.92 Å². The second-order valence-corrected chi connectivity index (χ2v) is 4.39. The van der Waals surface area contributed by atoms with E-state index in [1.807, 2.05) is 20.0 Å². The number of hydrogen-bond acceptors (Lipinski definition) is 3. The summed E-state index contributed by atoms with van der Waals surface area (Å²) in [6.07, 6.45) is 4.45. The van der Waals surface area contributed by atoms with Crippen LogP contribution in [0.15, 0.2) is 6.20 Å². The summed E-state index contributed by atoms with van der Waals surface area (Å²) in [5, 5.41) is 9.79. The third-order valence-corrected chi connectivity index (χ3v) is 2.90. The highest BCUT2D eigenvalue weighted by Crippen LogP contribution is 2.05. The first-order valence-electron chi connectivity index (χ1n) is 6.11. The molecule has 5 nitrogen and oxygen atoms in total. The van der Waals surface area contributed by atoms with Crippen molar-refractivity contribution in [3.63, 3.8) is 0 Å². The van der Waals surface area contributed by atoms with Gasteiger partial charge in [0.05, 0.1) is 6.20 Å². The molecule has 1 aromatic heterocycles. The van der Waals surface area contributed by atoms with Crippen LogP contribution in [-0.4, -0.2) is 29.2 Å². The van der Waals surface area contributed by atoms with Crippen LogP contribution in [-0.2, 0) is 11.2 Å². The molecule has 1 amide bonds. The number of aryl methyl sites for hydroxylation is 2. The Morgan fingerprint density at radius 3 is 3.00 bits per heavy atom. The van der Waals surface area contributed by atoms with Gasteiger partial charge in [-0.3, -0.25) is 9.89 Å². The number of aromatic amines is 1. The Balaban J connectivity index is 2.16. The van der Waals surface area contributed by atoms with Gasteiger partial charge in [0.25, 0.3) is 0 Å². The number of aromatic nitrogens is 2. The standard InChI is InChI=1S/C12H22N4O/c1-9(5-6-13)12(17)14-7-3-4-11-8-15-16-10(11)2/h8-9H,3-7,13H2,1-2H3,(H,14,17)(H,15,16). The fraction of sp³-hybridized carbons (Fsp3) is 0.667. The summed E-state index contributed by atoms with van der Waals surface area (Å²) in [6, 6.07) is 0. The molecule has 0 bridgehead atoms. The van der Waals surface area contributed by atoms with Gasteiger partial charge in [-0.25, -0.2) is 0 Å². The zero-order valence-electron chi connectivity index (χ0n) is 10.6. The number of carbonyl (C=O) groups is 1. The van der Waals surface area contributed by atoms with Gasteiger partial charge in [-0.05, 0) is 38.3 Å². The topological polar surface area (TPSA) is 83.8 Å². The Morgan fingerprint density at radius 1 is 1.65 bits per heavy atom. The van der Waals surface area contributed by atoms with Crippen molar-refractivity contribution in [1.29, 1.82) is 0 Å². The number of nitrogens with two attached hydrogens (primary N) is 1. The molecule has 1 rings (SSSR count). The molecule has 17 heavy (non-hydrogen) atoms. The lowest BCUT2D eigenvalue weighted by Crippen LogP contribution is -2.31. The van der Waals surface area contributed by atoms with Crippen LogP contribution in [0.25, 0.3) is 0 Å². The third-order valence-electron chi connectivity index (χ3n) is 2.90. The second kappa shape index (κ2) is 7.06. The van der Waals surface area contributed by atoms with E-state index < -0.39 is 0 Å². The second-order valence-electron chi connectivity index (χ2n) is 4.39. The average Bonchev–Trinajstić information content (AvgIpc) is 2.70. The number of rotatable bonds is 7. The maximum Gasteiger partial charge on any atom is 0.222 e. The van der Waals surface area contributed by atoms with Crippen molar-refractivity contribution < 1.29 is 4.79 Å². The van der Waals surface area contributed by atoms with Gasteiger partial charge in [0, 0.05) is 18.2 Å². The molecule has 0 aromatic carbocycles. The van der Waals surface area contributed by atoms with Gasteiger partial charge < -0.3 is 11.1 Å². The van der Waals surface area contributed by atoms with Gasteiger partial charge >= 0.3 is 0 Å². The first-order valence-corrected chi connectivity index (χ1v) is 6.11. The van der Waals surface area contributed by atoms with Crippen LogP contribution in [0.5, 0.6) is 0 Å². The quantitative estimate of drug-likeness (QED) is 0.613. The van der Waals surface area contributed by atoms with Crippen LogP contribution in [0.4, 0.5) is 0 Å². The van der Waals surface area contributed by atoms with E-state index in [2.05, 4.69) is 15.5 Å². The Morgan fingerprint density at radius 2 is 2.41 bits per heavy atom. The predicted octanol–water partition coefficient (Wildman–Crippen LogP) is 0.752. The van der Waals surface area contributed by atoms with Crippen molar-refractivity contribution in [1.82, 2.24) is 15.5 Å². The Bertz CT molecular complexity index is 348. The number of amides is 1. The van der Waals surface area contributed by atoms with E-state index in [0.29, 0.717) is 13.1 Å². The Kier molecular flexibility index (Phi) is 5.69. The van der Waals surface area contributed by atoms with Crippen molar-refractivity contribution in [3.05, 3.63) is 17.5 Å². The molecule has 1 aromatic rings. The van der Waals surface area contributed by atoms with Gasteiger partial charge in [-0.15, -0.1) is 0 Å². The number of hydrogen-bond donors (Lipinski definition) is 3. The fourth-order valence-electron chi connectivity index (χ4n) is 1.67. The molecular weight excluding hydrogens is 216 g/mol. The van der Waals surface area contributed by atoms with Crippen molar-refractivity contribution in [2.45, 2.75) is 33.1 Å². The monoisotopic (exact) mass is 238 g/mol. The normalized spacial score (nSPS) is 12.4. The summed E-state index contributed by atoms with van der Waals surface area (Å²) in [5.74, 6) is 0.107. The lowest BCUT2D eigenvalue weighted by molar-refractivity contribution is -0.124. The van der Waals surface area contributed by atoms with Gasteiger partial charge in [0.2, 0.25) is 5.91 Å². The van der Waals surface area contributed by atoms with Crippen LogP contribution in [0.3, 0.4) is 0 Å². The van der Waals surface area contributed by atoms with Gasteiger partial charge in [0.15, 0.2) is 0 Å². The molecular formula is C12H22N4O. The molecule has 0 saturated heterocycles. The van der Waals surface area contributed by atoms with Crippen molar-refractivity contribution >= 4 is 5.91 Å². The van der Waals surface area contributed by atoms with Crippen LogP contribution < -0.4 is 11.1 Å². The van der Waals surface area contributed by atoms with Gasteiger partial charge in [0.1, 0.15) is 0 Å². The molecule has 0 spiro atoms. The molecule has 5 heteroatoms. The Hall–Kier alpha value is -1.36. The average molecular weight is 238 g/mol. The number of carbonyl (C=O) groups excluding carboxylic acids is 1. The smallest absolute Gasteiger partial charge is 0.222 e. The lowest BCUT2D eigenvalue weighted by Gasteiger charge is -2.10. The van der Waals surface area contributed by atoms with E-state index in [9.17, 15) is 4.79 Å². The third kappa shape index (κ3) is 4.56. The van der Waals surface area contributed by atoms with Crippen molar-refractivity contribution in [2.75, 3.05) is 13.1 Å². The zero-order chi connectivity index (χ0) is 12.7. The molecule has 96 valence electrons. The minimum Gasteiger partial charge on any atom is -0.356 e. The molecule has 0 aliphatic rings.